The number of hydrogen-bond donors (Lipinski definition) is 2. The molecule has 0 aliphatic rings. The van der Waals surface area contributed by atoms with Crippen LogP contribution < -0.4 is 5.32 Å². The molecule has 0 atom stereocenters. The van der Waals surface area contributed by atoms with Gasteiger partial charge in [-0.2, -0.15) is 0 Å². The molecule has 0 saturated heterocycles. The van der Waals surface area contributed by atoms with E-state index in [2.05, 4.69) is 37.4 Å². The monoisotopic (exact) mass is 264 g/mol. The van der Waals surface area contributed by atoms with Crippen molar-refractivity contribution in [3.05, 3.63) is 17.6 Å². The van der Waals surface area contributed by atoms with Gasteiger partial charge in [0.2, 0.25) is 11.1 Å². The first-order chi connectivity index (χ1) is 8.67. The summed E-state index contributed by atoms with van der Waals surface area (Å²) in [7, 11) is 0. The maximum atomic E-state index is 4.42. The van der Waals surface area contributed by atoms with E-state index in [-0.39, 0.29) is 0 Å². The molecule has 0 aliphatic heterocycles. The Bertz CT molecular complexity index is 524. The van der Waals surface area contributed by atoms with Gasteiger partial charge < -0.3 is 5.32 Å². The molecule has 0 bridgehead atoms. The van der Waals surface area contributed by atoms with Gasteiger partial charge in [-0.1, -0.05) is 6.92 Å². The van der Waals surface area contributed by atoms with Gasteiger partial charge in [0.25, 0.3) is 0 Å². The Morgan fingerprint density at radius 3 is 2.78 bits per heavy atom. The summed E-state index contributed by atoms with van der Waals surface area (Å²) in [4.78, 5) is 13.0. The third-order valence-corrected chi connectivity index (χ3v) is 2.92. The molecule has 0 radical (unpaired) electrons. The Balaban J connectivity index is 2.14. The lowest BCUT2D eigenvalue weighted by Gasteiger charge is -2.05. The number of aromatic amines is 1. The van der Waals surface area contributed by atoms with Crippen LogP contribution >= 0.6 is 11.8 Å². The summed E-state index contributed by atoms with van der Waals surface area (Å²) in [6.07, 6.45) is 1.04. The molecular weight excluding hydrogens is 248 g/mol. The highest BCUT2D eigenvalue weighted by Gasteiger charge is 2.07. The first-order valence-electron chi connectivity index (χ1n) is 5.84. The molecule has 2 rings (SSSR count). The molecule has 0 unspecified atom stereocenters. The Morgan fingerprint density at radius 2 is 2.11 bits per heavy atom. The summed E-state index contributed by atoms with van der Waals surface area (Å²) in [6, 6.07) is 1.92. The predicted octanol–water partition coefficient (Wildman–Crippen LogP) is 2.18. The molecule has 2 N–H and O–H groups in total. The van der Waals surface area contributed by atoms with Crippen LogP contribution in [0.3, 0.4) is 0 Å². The Hall–Kier alpha value is -1.63. The third kappa shape index (κ3) is 3.43. The van der Waals surface area contributed by atoms with E-state index in [9.17, 15) is 0 Å². The number of hydrogen-bond acceptors (Lipinski definition) is 6. The second-order valence-corrected chi connectivity index (χ2v) is 4.89. The number of H-pyrrole nitrogens is 1. The Morgan fingerprint density at radius 1 is 1.28 bits per heavy atom. The second-order valence-electron chi connectivity index (χ2n) is 3.90. The van der Waals surface area contributed by atoms with Gasteiger partial charge in [-0.3, -0.25) is 5.10 Å². The van der Waals surface area contributed by atoms with Gasteiger partial charge in [0.1, 0.15) is 10.9 Å². The maximum absolute atomic E-state index is 4.42. The molecule has 0 aromatic carbocycles. The van der Waals surface area contributed by atoms with Crippen molar-refractivity contribution in [1.82, 2.24) is 25.1 Å². The topological polar surface area (TPSA) is 79.4 Å². The van der Waals surface area contributed by atoms with E-state index in [0.717, 1.165) is 29.5 Å². The Labute approximate surface area is 110 Å². The van der Waals surface area contributed by atoms with E-state index in [1.165, 1.54) is 11.8 Å². The van der Waals surface area contributed by atoms with E-state index in [0.29, 0.717) is 11.1 Å². The molecule has 2 aromatic heterocycles. The number of nitrogens with zero attached hydrogens (tertiary/aromatic N) is 4. The number of aryl methyl sites for hydroxylation is 2. The molecule has 6 nitrogen and oxygen atoms in total. The van der Waals surface area contributed by atoms with Gasteiger partial charge in [0.15, 0.2) is 0 Å². The lowest BCUT2D eigenvalue weighted by atomic mass is 10.4. The summed E-state index contributed by atoms with van der Waals surface area (Å²) in [5.41, 5.74) is 0.929. The van der Waals surface area contributed by atoms with Gasteiger partial charge in [-0.15, -0.1) is 5.10 Å². The summed E-state index contributed by atoms with van der Waals surface area (Å²) in [5, 5.41) is 11.6. The molecule has 0 saturated carbocycles. The summed E-state index contributed by atoms with van der Waals surface area (Å²) < 4.78 is 0. The number of aromatic nitrogens is 5. The van der Waals surface area contributed by atoms with E-state index in [4.69, 9.17) is 0 Å². The van der Waals surface area contributed by atoms with Crippen molar-refractivity contribution in [1.29, 1.82) is 0 Å². The molecule has 18 heavy (non-hydrogen) atoms. The third-order valence-electron chi connectivity index (χ3n) is 2.14. The first-order valence-corrected chi connectivity index (χ1v) is 6.65. The minimum atomic E-state index is 0.659. The molecule has 0 aliphatic carbocycles. The minimum Gasteiger partial charge on any atom is -0.354 e. The fourth-order valence-corrected chi connectivity index (χ4v) is 2.19. The van der Waals surface area contributed by atoms with Crippen LogP contribution in [0.2, 0.25) is 0 Å². The van der Waals surface area contributed by atoms with Gasteiger partial charge in [-0.05, 0) is 38.1 Å². The molecule has 0 fully saturated rings. The van der Waals surface area contributed by atoms with Crippen LogP contribution in [0, 0.1) is 13.8 Å². The van der Waals surface area contributed by atoms with Crippen molar-refractivity contribution in [2.75, 3.05) is 11.9 Å². The van der Waals surface area contributed by atoms with Crippen LogP contribution in [0.15, 0.2) is 16.2 Å². The van der Waals surface area contributed by atoms with Crippen LogP contribution in [0.5, 0.6) is 0 Å². The molecule has 2 aromatic rings. The zero-order chi connectivity index (χ0) is 13.0. The van der Waals surface area contributed by atoms with Crippen molar-refractivity contribution in [3.63, 3.8) is 0 Å². The quantitative estimate of drug-likeness (QED) is 0.806. The largest absolute Gasteiger partial charge is 0.354 e. The van der Waals surface area contributed by atoms with E-state index in [1.807, 2.05) is 19.9 Å². The van der Waals surface area contributed by atoms with Gasteiger partial charge in [0, 0.05) is 12.2 Å². The summed E-state index contributed by atoms with van der Waals surface area (Å²) in [5.74, 6) is 1.46. The molecule has 7 heteroatoms. The predicted molar refractivity (Wildman–Crippen MR) is 70.8 cm³/mol. The van der Waals surface area contributed by atoms with Gasteiger partial charge >= 0.3 is 0 Å². The van der Waals surface area contributed by atoms with E-state index >= 15 is 0 Å². The van der Waals surface area contributed by atoms with Crippen LogP contribution in [0.4, 0.5) is 5.95 Å². The maximum Gasteiger partial charge on any atom is 0.223 e. The first kappa shape index (κ1) is 12.8. The highest BCUT2D eigenvalue weighted by Crippen LogP contribution is 2.23. The number of anilines is 1. The van der Waals surface area contributed by atoms with Crippen molar-refractivity contribution in [2.45, 2.75) is 37.4 Å². The molecule has 0 spiro atoms. The number of nitrogens with one attached hydrogen (secondary N) is 2. The molecule has 0 amide bonds. The van der Waals surface area contributed by atoms with Crippen LogP contribution in [-0.2, 0) is 0 Å². The van der Waals surface area contributed by atoms with Crippen molar-refractivity contribution in [3.8, 4) is 0 Å². The van der Waals surface area contributed by atoms with Gasteiger partial charge in [0.05, 0.1) is 0 Å². The lowest BCUT2D eigenvalue weighted by Crippen LogP contribution is -2.05. The van der Waals surface area contributed by atoms with Crippen molar-refractivity contribution >= 4 is 17.7 Å². The fourth-order valence-electron chi connectivity index (χ4n) is 1.37. The zero-order valence-electron chi connectivity index (χ0n) is 10.7. The average molecular weight is 264 g/mol. The highest BCUT2D eigenvalue weighted by molar-refractivity contribution is 7.99. The smallest absolute Gasteiger partial charge is 0.223 e. The van der Waals surface area contributed by atoms with Crippen molar-refractivity contribution < 1.29 is 0 Å². The Kier molecular flexibility index (Phi) is 4.14. The van der Waals surface area contributed by atoms with Gasteiger partial charge in [-0.25, -0.2) is 15.0 Å². The minimum absolute atomic E-state index is 0.659. The SMILES string of the molecule is CCCNc1nc(C)cc(Sc2n[nH]c(C)n2)n1. The number of rotatable bonds is 5. The summed E-state index contributed by atoms with van der Waals surface area (Å²) >= 11 is 1.43. The lowest BCUT2D eigenvalue weighted by molar-refractivity contribution is 0.919. The van der Waals surface area contributed by atoms with Crippen LogP contribution in [0.25, 0.3) is 0 Å². The fraction of sp³-hybridized carbons (Fsp3) is 0.455. The van der Waals surface area contributed by atoms with E-state index in [1.54, 1.807) is 0 Å². The highest BCUT2D eigenvalue weighted by atomic mass is 32.2. The normalized spacial score (nSPS) is 10.6. The molecule has 2 heterocycles. The summed E-state index contributed by atoms with van der Waals surface area (Å²) in [6.45, 7) is 6.80. The van der Waals surface area contributed by atoms with Crippen molar-refractivity contribution in [2.24, 2.45) is 0 Å². The standard InChI is InChI=1S/C11H16N6S/c1-4-5-12-10-13-7(2)6-9(15-10)18-11-14-8(3)16-17-11/h6H,4-5H2,1-3H3,(H,12,13,15)(H,14,16,17). The molecule has 96 valence electrons. The zero-order valence-corrected chi connectivity index (χ0v) is 11.5. The second kappa shape index (κ2) is 5.81. The molecular formula is C11H16N6S. The average Bonchev–Trinajstić information content (AvgIpc) is 2.71. The van der Waals surface area contributed by atoms with Crippen LogP contribution in [-0.4, -0.2) is 31.7 Å². The van der Waals surface area contributed by atoms with Crippen LogP contribution in [0.1, 0.15) is 24.9 Å². The van der Waals surface area contributed by atoms with E-state index < -0.39 is 0 Å².